The van der Waals surface area contributed by atoms with Crippen LogP contribution in [0.25, 0.3) is 0 Å². The molecular weight excluding hydrogens is 198 g/mol. The van der Waals surface area contributed by atoms with E-state index in [0.717, 1.165) is 30.5 Å². The molecule has 1 saturated heterocycles. The monoisotopic (exact) mass is 219 g/mol. The smallest absolute Gasteiger partial charge is 0.126 e. The number of aromatic nitrogens is 1. The van der Waals surface area contributed by atoms with Crippen molar-refractivity contribution in [2.45, 2.75) is 27.2 Å². The molecule has 3 nitrogen and oxygen atoms in total. The van der Waals surface area contributed by atoms with Crippen LogP contribution in [0.5, 0.6) is 0 Å². The van der Waals surface area contributed by atoms with E-state index in [1.165, 1.54) is 12.1 Å². The molecule has 0 amide bonds. The van der Waals surface area contributed by atoms with Gasteiger partial charge in [0.1, 0.15) is 5.82 Å². The van der Waals surface area contributed by atoms with E-state index in [4.69, 9.17) is 5.73 Å². The normalized spacial score (nSPS) is 25.8. The molecule has 1 fully saturated rings. The van der Waals surface area contributed by atoms with Gasteiger partial charge in [-0.05, 0) is 36.8 Å². The van der Waals surface area contributed by atoms with Crippen molar-refractivity contribution >= 4 is 11.5 Å². The van der Waals surface area contributed by atoms with Crippen molar-refractivity contribution in [1.29, 1.82) is 0 Å². The first-order valence-corrected chi connectivity index (χ1v) is 6.03. The topological polar surface area (TPSA) is 42.2 Å². The molecule has 3 heteroatoms. The summed E-state index contributed by atoms with van der Waals surface area (Å²) in [5.74, 6) is 2.17. The fourth-order valence-electron chi connectivity index (χ4n) is 2.62. The lowest BCUT2D eigenvalue weighted by Gasteiger charge is -2.36. The number of hydrogen-bond acceptors (Lipinski definition) is 3. The van der Waals surface area contributed by atoms with E-state index in [0.29, 0.717) is 5.82 Å². The summed E-state index contributed by atoms with van der Waals surface area (Å²) in [6.07, 6.45) is 3.23. The summed E-state index contributed by atoms with van der Waals surface area (Å²) < 4.78 is 0. The number of rotatable bonds is 1. The van der Waals surface area contributed by atoms with Crippen LogP contribution in [0.2, 0.25) is 0 Å². The van der Waals surface area contributed by atoms with Crippen molar-refractivity contribution in [2.75, 3.05) is 23.7 Å². The Morgan fingerprint density at radius 2 is 1.94 bits per heavy atom. The van der Waals surface area contributed by atoms with Gasteiger partial charge >= 0.3 is 0 Å². The van der Waals surface area contributed by atoms with Crippen LogP contribution < -0.4 is 10.6 Å². The Kier molecular flexibility index (Phi) is 3.03. The molecule has 2 N–H and O–H groups in total. The van der Waals surface area contributed by atoms with E-state index in [1.807, 2.05) is 13.1 Å². The van der Waals surface area contributed by atoms with Crippen LogP contribution in [-0.2, 0) is 0 Å². The van der Waals surface area contributed by atoms with Crippen molar-refractivity contribution in [3.05, 3.63) is 17.8 Å². The summed E-state index contributed by atoms with van der Waals surface area (Å²) in [6.45, 7) is 8.92. The number of nitrogens with two attached hydrogens (primary N) is 1. The van der Waals surface area contributed by atoms with Gasteiger partial charge in [0.2, 0.25) is 0 Å². The summed E-state index contributed by atoms with van der Waals surface area (Å²) in [6, 6.07) is 2.15. The number of nitrogen functional groups attached to an aromatic ring is 1. The van der Waals surface area contributed by atoms with E-state index in [-0.39, 0.29) is 0 Å². The fraction of sp³-hybridized carbons (Fsp3) is 0.615. The fourth-order valence-corrected chi connectivity index (χ4v) is 2.62. The van der Waals surface area contributed by atoms with Gasteiger partial charge in [0.15, 0.2) is 0 Å². The third kappa shape index (κ3) is 2.29. The maximum atomic E-state index is 5.74. The van der Waals surface area contributed by atoms with Crippen LogP contribution in [-0.4, -0.2) is 18.1 Å². The van der Waals surface area contributed by atoms with Crippen LogP contribution >= 0.6 is 0 Å². The standard InChI is InChI=1S/C13H21N3/c1-9-4-10(2)8-16(7-9)12-5-11(3)13(14)15-6-12/h5-6,9-10H,4,7-8H2,1-3H3,(H2,14,15). The van der Waals surface area contributed by atoms with Gasteiger partial charge in [0, 0.05) is 13.1 Å². The largest absolute Gasteiger partial charge is 0.383 e. The maximum Gasteiger partial charge on any atom is 0.126 e. The van der Waals surface area contributed by atoms with Crippen molar-refractivity contribution < 1.29 is 0 Å². The zero-order valence-corrected chi connectivity index (χ0v) is 10.4. The Morgan fingerprint density at radius 1 is 1.31 bits per heavy atom. The van der Waals surface area contributed by atoms with Crippen molar-refractivity contribution in [1.82, 2.24) is 4.98 Å². The maximum absolute atomic E-state index is 5.74. The Morgan fingerprint density at radius 3 is 2.50 bits per heavy atom. The molecule has 2 atom stereocenters. The Labute approximate surface area is 97.7 Å². The first kappa shape index (κ1) is 11.2. The zero-order valence-electron chi connectivity index (χ0n) is 10.4. The van der Waals surface area contributed by atoms with Crippen LogP contribution in [0.4, 0.5) is 11.5 Å². The summed E-state index contributed by atoms with van der Waals surface area (Å²) >= 11 is 0. The Bertz CT molecular complexity index is 365. The van der Waals surface area contributed by atoms with Gasteiger partial charge in [-0.3, -0.25) is 0 Å². The minimum absolute atomic E-state index is 0.641. The third-order valence-electron chi connectivity index (χ3n) is 3.34. The molecule has 0 aliphatic carbocycles. The Balaban J connectivity index is 2.19. The van der Waals surface area contributed by atoms with Gasteiger partial charge in [-0.25, -0.2) is 4.98 Å². The second kappa shape index (κ2) is 4.32. The molecule has 0 aromatic carbocycles. The lowest BCUT2D eigenvalue weighted by molar-refractivity contribution is 0.356. The molecule has 16 heavy (non-hydrogen) atoms. The number of aryl methyl sites for hydroxylation is 1. The average Bonchev–Trinajstić information content (AvgIpc) is 2.20. The zero-order chi connectivity index (χ0) is 11.7. The van der Waals surface area contributed by atoms with Crippen LogP contribution in [0.1, 0.15) is 25.8 Å². The number of pyridine rings is 1. The highest BCUT2D eigenvalue weighted by molar-refractivity contribution is 5.53. The van der Waals surface area contributed by atoms with Gasteiger partial charge in [-0.2, -0.15) is 0 Å². The van der Waals surface area contributed by atoms with Gasteiger partial charge in [0.25, 0.3) is 0 Å². The highest BCUT2D eigenvalue weighted by Crippen LogP contribution is 2.27. The van der Waals surface area contributed by atoms with Crippen LogP contribution in [0, 0.1) is 18.8 Å². The first-order chi connectivity index (χ1) is 7.56. The van der Waals surface area contributed by atoms with Crippen molar-refractivity contribution in [3.8, 4) is 0 Å². The summed E-state index contributed by atoms with van der Waals surface area (Å²) in [5.41, 5.74) is 8.03. The number of hydrogen-bond donors (Lipinski definition) is 1. The molecule has 2 rings (SSSR count). The summed E-state index contributed by atoms with van der Waals surface area (Å²) in [5, 5.41) is 0. The molecule has 0 spiro atoms. The highest BCUT2D eigenvalue weighted by atomic mass is 15.1. The SMILES string of the molecule is Cc1cc(N2CC(C)CC(C)C2)cnc1N. The highest BCUT2D eigenvalue weighted by Gasteiger charge is 2.22. The molecule has 0 radical (unpaired) electrons. The van der Waals surface area contributed by atoms with Crippen molar-refractivity contribution in [2.24, 2.45) is 11.8 Å². The third-order valence-corrected chi connectivity index (χ3v) is 3.34. The minimum Gasteiger partial charge on any atom is -0.383 e. The number of piperidine rings is 1. The molecule has 1 aromatic heterocycles. The van der Waals surface area contributed by atoms with Gasteiger partial charge < -0.3 is 10.6 Å². The average molecular weight is 219 g/mol. The van der Waals surface area contributed by atoms with Crippen LogP contribution in [0.3, 0.4) is 0 Å². The summed E-state index contributed by atoms with van der Waals surface area (Å²) in [7, 11) is 0. The molecule has 88 valence electrons. The molecule has 1 aliphatic heterocycles. The van der Waals surface area contributed by atoms with Crippen molar-refractivity contribution in [3.63, 3.8) is 0 Å². The molecular formula is C13H21N3. The van der Waals surface area contributed by atoms with E-state index < -0.39 is 0 Å². The second-order valence-corrected chi connectivity index (χ2v) is 5.25. The first-order valence-electron chi connectivity index (χ1n) is 6.03. The number of nitrogens with zero attached hydrogens (tertiary/aromatic N) is 2. The van der Waals surface area contributed by atoms with Crippen LogP contribution in [0.15, 0.2) is 12.3 Å². The minimum atomic E-state index is 0.641. The van der Waals surface area contributed by atoms with Gasteiger partial charge in [-0.1, -0.05) is 13.8 Å². The van der Waals surface area contributed by atoms with E-state index in [1.54, 1.807) is 0 Å². The lowest BCUT2D eigenvalue weighted by Crippen LogP contribution is -2.38. The number of anilines is 2. The molecule has 0 saturated carbocycles. The molecule has 2 unspecified atom stereocenters. The van der Waals surface area contributed by atoms with E-state index >= 15 is 0 Å². The lowest BCUT2D eigenvalue weighted by atomic mass is 9.91. The molecule has 0 bridgehead atoms. The predicted molar refractivity (Wildman–Crippen MR) is 68.5 cm³/mol. The molecule has 1 aliphatic rings. The van der Waals surface area contributed by atoms with Gasteiger partial charge in [-0.15, -0.1) is 0 Å². The van der Waals surface area contributed by atoms with E-state index in [2.05, 4.69) is 29.8 Å². The molecule has 1 aromatic rings. The quantitative estimate of drug-likeness (QED) is 0.789. The Hall–Kier alpha value is -1.25. The summed E-state index contributed by atoms with van der Waals surface area (Å²) in [4.78, 5) is 6.67. The molecule has 2 heterocycles. The van der Waals surface area contributed by atoms with E-state index in [9.17, 15) is 0 Å². The predicted octanol–water partition coefficient (Wildman–Crippen LogP) is 2.45. The van der Waals surface area contributed by atoms with Gasteiger partial charge in [0.05, 0.1) is 11.9 Å². The second-order valence-electron chi connectivity index (χ2n) is 5.25.